The Bertz CT molecular complexity index is 1310. The van der Waals surface area contributed by atoms with Crippen molar-refractivity contribution in [3.05, 3.63) is 59.7 Å². The number of carbonyl (C=O) groups excluding carboxylic acids is 1. The van der Waals surface area contributed by atoms with Crippen molar-refractivity contribution in [2.24, 2.45) is 20.4 Å². The minimum absolute atomic E-state index is 0.122. The zero-order valence-electron chi connectivity index (χ0n) is 24.2. The molecular formula is C23H38N6O9P6S. The molecule has 0 bridgehead atoms. The summed E-state index contributed by atoms with van der Waals surface area (Å²) < 4.78 is 11.4. The Labute approximate surface area is 272 Å². The molecule has 0 aliphatic carbocycles. The summed E-state index contributed by atoms with van der Waals surface area (Å²) in [6, 6.07) is 14.5. The molecule has 1 atom stereocenters. The van der Waals surface area contributed by atoms with Crippen molar-refractivity contribution in [3.8, 4) is 11.5 Å². The van der Waals surface area contributed by atoms with Crippen molar-refractivity contribution in [2.45, 2.75) is 25.7 Å². The van der Waals surface area contributed by atoms with Crippen molar-refractivity contribution >= 4 is 71.5 Å². The van der Waals surface area contributed by atoms with E-state index in [0.717, 1.165) is 11.1 Å². The number of rotatable bonds is 20. The van der Waals surface area contributed by atoms with E-state index >= 15 is 0 Å². The molecule has 0 spiro atoms. The third-order valence-electron chi connectivity index (χ3n) is 5.84. The summed E-state index contributed by atoms with van der Waals surface area (Å²) in [5, 5.41) is 14.2. The molecule has 0 fully saturated rings. The molecule has 1 amide bonds. The predicted octanol–water partition coefficient (Wildman–Crippen LogP) is 5.02. The first-order valence-corrected chi connectivity index (χ1v) is 23.2. The van der Waals surface area contributed by atoms with Gasteiger partial charge in [-0.05, 0) is 46.5 Å². The second-order valence-electron chi connectivity index (χ2n) is 9.71. The SMILES string of the molecule is CN(N=Cc1ccc(O/N=P\N=P\P=N)cc1)[PH](=S)Oc1ccc(CCNC(=O)CCCC(C[PH](O)(O)O)C[PH](O)(O)O)cc1. The number of nitrogens with zero attached hydrogens (tertiary/aromatic N) is 4. The molecule has 0 aliphatic rings. The molecule has 2 rings (SSSR count). The summed E-state index contributed by atoms with van der Waals surface area (Å²) >= 11 is 5.51. The van der Waals surface area contributed by atoms with Crippen LogP contribution >= 0.6 is 47.6 Å². The maximum absolute atomic E-state index is 12.2. The van der Waals surface area contributed by atoms with E-state index in [1.54, 1.807) is 42.3 Å². The number of hydrazone groups is 1. The number of carbonyl (C=O) groups is 1. The molecular weight excluding hydrogens is 722 g/mol. The van der Waals surface area contributed by atoms with Gasteiger partial charge in [0.05, 0.1) is 22.3 Å². The Morgan fingerprint density at radius 2 is 1.69 bits per heavy atom. The van der Waals surface area contributed by atoms with Crippen LogP contribution in [0.2, 0.25) is 0 Å². The zero-order valence-corrected chi connectivity index (χ0v) is 30.7. The Balaban J connectivity index is 1.72. The van der Waals surface area contributed by atoms with Crippen LogP contribution < -0.4 is 14.7 Å². The van der Waals surface area contributed by atoms with Crippen LogP contribution in [0, 0.1) is 11.1 Å². The summed E-state index contributed by atoms with van der Waals surface area (Å²) in [5.41, 5.74) is 1.80. The summed E-state index contributed by atoms with van der Waals surface area (Å²) in [6.07, 6.45) is 1.98. The number of benzene rings is 2. The van der Waals surface area contributed by atoms with E-state index in [1.165, 1.54) is 0 Å². The van der Waals surface area contributed by atoms with E-state index in [-0.39, 0.29) is 18.7 Å². The van der Waals surface area contributed by atoms with Crippen LogP contribution in [0.25, 0.3) is 0 Å². The molecule has 22 heteroatoms. The standard InChI is InChI=1S/C23H38N6O9P6S/c1-29(26-15-19-7-9-21(10-8-19)37-27-40-28-41-39-24)42(45)38-22-11-5-18(6-12-22)13-14-25-23(30)4-2-3-20(16-43(31,32)33)17-44(34,35)36/h5-12,15,20,24,31-36,42-44H,2-4,13-14,16-17H2,1H3,(H,25,30). The monoisotopic (exact) mass is 760 g/mol. The van der Waals surface area contributed by atoms with E-state index in [1.807, 2.05) is 24.3 Å². The first-order chi connectivity index (χ1) is 21.2. The van der Waals surface area contributed by atoms with E-state index < -0.39 is 41.2 Å². The van der Waals surface area contributed by atoms with Crippen molar-refractivity contribution in [1.29, 1.82) is 5.16 Å². The molecule has 0 aromatic heterocycles. The van der Waals surface area contributed by atoms with Crippen LogP contribution in [0.4, 0.5) is 0 Å². The number of amides is 1. The third kappa shape index (κ3) is 19.1. The molecule has 0 saturated heterocycles. The van der Waals surface area contributed by atoms with Gasteiger partial charge < -0.3 is 9.36 Å². The van der Waals surface area contributed by atoms with Gasteiger partial charge in [-0.1, -0.05) is 0 Å². The van der Waals surface area contributed by atoms with Gasteiger partial charge in [0, 0.05) is 7.05 Å². The van der Waals surface area contributed by atoms with Crippen molar-refractivity contribution < 1.29 is 43.5 Å². The molecule has 45 heavy (non-hydrogen) atoms. The van der Waals surface area contributed by atoms with Gasteiger partial charge >= 0.3 is 142 Å². The normalized spacial score (nSPS) is 14.6. The summed E-state index contributed by atoms with van der Waals surface area (Å²) in [4.78, 5) is 77.1. The maximum atomic E-state index is 12.2. The zero-order chi connectivity index (χ0) is 33.3. The van der Waals surface area contributed by atoms with Gasteiger partial charge in [-0.3, -0.25) is 5.16 Å². The Morgan fingerprint density at radius 3 is 2.29 bits per heavy atom. The van der Waals surface area contributed by atoms with Crippen LogP contribution in [0.3, 0.4) is 0 Å². The van der Waals surface area contributed by atoms with Gasteiger partial charge in [-0.15, -0.1) is 0 Å². The van der Waals surface area contributed by atoms with Crippen LogP contribution in [0.5, 0.6) is 11.5 Å². The fourth-order valence-corrected chi connectivity index (χ4v) is 8.70. The minimum atomic E-state index is -4.44. The van der Waals surface area contributed by atoms with Crippen LogP contribution in [-0.4, -0.2) is 72.2 Å². The first kappa shape index (κ1) is 39.7. The van der Waals surface area contributed by atoms with E-state index in [0.29, 0.717) is 55.5 Å². The topological polar surface area (TPSA) is 233 Å². The molecule has 250 valence electrons. The second-order valence-corrected chi connectivity index (χ2v) is 18.6. The van der Waals surface area contributed by atoms with Gasteiger partial charge in [-0.2, -0.15) is 9.62 Å². The van der Waals surface area contributed by atoms with E-state index in [2.05, 4.69) is 19.8 Å². The molecule has 0 heterocycles. The fraction of sp³-hybridized carbons (Fsp3) is 0.391. The molecule has 0 aliphatic heterocycles. The Hall–Kier alpha value is -1.45. The molecule has 2 aromatic rings. The number of nitrogens with one attached hydrogen (secondary N) is 2. The van der Waals surface area contributed by atoms with Gasteiger partial charge in [0.15, 0.2) is 5.75 Å². The summed E-state index contributed by atoms with van der Waals surface area (Å²) in [6.45, 7) is 0.388. The molecule has 0 radical (unpaired) electrons. The third-order valence-corrected chi connectivity index (χ3v) is 12.1. The molecule has 2 aromatic carbocycles. The molecule has 8 N–H and O–H groups in total. The van der Waals surface area contributed by atoms with Crippen LogP contribution in [-0.2, 0) is 23.0 Å². The van der Waals surface area contributed by atoms with Gasteiger partial charge in [-0.25, -0.2) is 4.78 Å². The van der Waals surface area contributed by atoms with Crippen LogP contribution in [0.15, 0.2) is 63.1 Å². The quantitative estimate of drug-likeness (QED) is 0.0507. The van der Waals surface area contributed by atoms with Crippen LogP contribution in [0.1, 0.15) is 30.4 Å². The van der Waals surface area contributed by atoms with Gasteiger partial charge in [0.25, 0.3) is 0 Å². The van der Waals surface area contributed by atoms with Gasteiger partial charge in [0.1, 0.15) is 5.75 Å². The summed E-state index contributed by atoms with van der Waals surface area (Å²) in [5.74, 6) is 0.203. The molecule has 1 unspecified atom stereocenters. The van der Waals surface area contributed by atoms with E-state index in [9.17, 15) is 34.2 Å². The van der Waals surface area contributed by atoms with Crippen molar-refractivity contribution in [2.75, 3.05) is 25.9 Å². The van der Waals surface area contributed by atoms with Gasteiger partial charge in [0.2, 0.25) is 15.6 Å². The number of hydrogen-bond acceptors (Lipinski definition) is 13. The average Bonchev–Trinajstić information content (AvgIpc) is 2.95. The summed E-state index contributed by atoms with van der Waals surface area (Å²) in [7, 11) is -7.60. The molecule has 0 saturated carbocycles. The van der Waals surface area contributed by atoms with Crippen molar-refractivity contribution in [1.82, 2.24) is 10.1 Å². The first-order valence-electron chi connectivity index (χ1n) is 13.4. The van der Waals surface area contributed by atoms with E-state index in [4.69, 9.17) is 26.3 Å². The Kier molecular flexibility index (Phi) is 18.3. The molecule has 15 nitrogen and oxygen atoms in total. The second kappa shape index (κ2) is 20.7. The Morgan fingerprint density at radius 1 is 1.07 bits per heavy atom. The number of hydrogen-bond donors (Lipinski definition) is 8. The average molecular weight is 761 g/mol. The predicted molar refractivity (Wildman–Crippen MR) is 187 cm³/mol. The van der Waals surface area contributed by atoms with Crippen molar-refractivity contribution in [3.63, 3.8) is 0 Å². The fourth-order valence-electron chi connectivity index (χ4n) is 3.86.